The third-order valence-electron chi connectivity index (χ3n) is 8.38. The van der Waals surface area contributed by atoms with E-state index < -0.39 is 0 Å². The van der Waals surface area contributed by atoms with Gasteiger partial charge in [0.25, 0.3) is 5.56 Å². The molecular weight excluding hydrogens is 522 g/mol. The summed E-state index contributed by atoms with van der Waals surface area (Å²) in [6, 6.07) is 18.0. The van der Waals surface area contributed by atoms with Crippen molar-refractivity contribution in [3.63, 3.8) is 0 Å². The second kappa shape index (κ2) is 11.5. The fourth-order valence-electron chi connectivity index (χ4n) is 6.15. The van der Waals surface area contributed by atoms with E-state index in [4.69, 9.17) is 16.6 Å². The molecule has 208 valence electrons. The lowest BCUT2D eigenvalue weighted by Crippen LogP contribution is -2.34. The Morgan fingerprint density at radius 2 is 1.77 bits per heavy atom. The Bertz CT molecular complexity index is 1570. The van der Waals surface area contributed by atoms with Crippen LogP contribution in [0.15, 0.2) is 65.6 Å². The van der Waals surface area contributed by atoms with Crippen LogP contribution in [0.25, 0.3) is 17.0 Å². The minimum absolute atomic E-state index is 0.0632. The van der Waals surface area contributed by atoms with E-state index >= 15 is 0 Å². The topological polar surface area (TPSA) is 62.9 Å². The highest BCUT2D eigenvalue weighted by atomic mass is 35.5. The largest absolute Gasteiger partial charge is 0.356 e. The van der Waals surface area contributed by atoms with E-state index in [-0.39, 0.29) is 11.5 Å². The van der Waals surface area contributed by atoms with Crippen LogP contribution in [-0.4, -0.2) is 39.5 Å². The van der Waals surface area contributed by atoms with Crippen molar-refractivity contribution in [2.24, 2.45) is 0 Å². The van der Waals surface area contributed by atoms with Crippen molar-refractivity contribution in [3.8, 4) is 11.3 Å². The standard InChI is InChI=1S/C32H36ClN5O2/c1-2-3-4-16-37-28(24-10-12-27(13-11-24)36-17-6-9-30(36)39)22-38-31(40)21-29(34-32(37)38)35-18-14-23(15-19-35)25-7-5-8-26(33)20-25/h5,7-8,10-13,20-23H,2-4,6,9,14-19H2,1H3. The van der Waals surface area contributed by atoms with Crippen LogP contribution in [-0.2, 0) is 11.3 Å². The zero-order valence-electron chi connectivity index (χ0n) is 23.1. The molecule has 0 N–H and O–H groups in total. The fourth-order valence-corrected chi connectivity index (χ4v) is 6.35. The molecule has 1 amide bonds. The highest BCUT2D eigenvalue weighted by Crippen LogP contribution is 2.32. The molecule has 7 nitrogen and oxygen atoms in total. The highest BCUT2D eigenvalue weighted by Gasteiger charge is 2.24. The number of rotatable bonds is 8. The van der Waals surface area contributed by atoms with Gasteiger partial charge in [-0.1, -0.05) is 55.6 Å². The highest BCUT2D eigenvalue weighted by molar-refractivity contribution is 6.30. The number of imidazole rings is 1. The zero-order chi connectivity index (χ0) is 27.6. The quantitative estimate of drug-likeness (QED) is 0.231. The molecule has 6 rings (SSSR count). The number of carbonyl (C=O) groups is 1. The summed E-state index contributed by atoms with van der Waals surface area (Å²) in [5.74, 6) is 2.08. The summed E-state index contributed by atoms with van der Waals surface area (Å²) in [4.78, 5) is 34.8. The van der Waals surface area contributed by atoms with Crippen LogP contribution in [0.1, 0.15) is 63.4 Å². The van der Waals surface area contributed by atoms with Gasteiger partial charge in [-0.05, 0) is 67.0 Å². The Hall–Kier alpha value is -3.58. The molecule has 0 unspecified atom stereocenters. The number of aryl methyl sites for hydroxylation is 1. The summed E-state index contributed by atoms with van der Waals surface area (Å²) >= 11 is 6.24. The number of aromatic nitrogens is 3. The normalized spacial score (nSPS) is 16.4. The predicted molar refractivity (Wildman–Crippen MR) is 162 cm³/mol. The molecule has 2 aliphatic rings. The molecule has 40 heavy (non-hydrogen) atoms. The zero-order valence-corrected chi connectivity index (χ0v) is 23.8. The summed E-state index contributed by atoms with van der Waals surface area (Å²) in [6.45, 7) is 5.45. The number of hydrogen-bond donors (Lipinski definition) is 0. The molecule has 0 bridgehead atoms. The van der Waals surface area contributed by atoms with Crippen molar-refractivity contribution in [2.75, 3.05) is 29.4 Å². The van der Waals surface area contributed by atoms with E-state index in [1.54, 1.807) is 10.5 Å². The van der Waals surface area contributed by atoms with Gasteiger partial charge in [-0.3, -0.25) is 14.0 Å². The first-order chi connectivity index (χ1) is 19.5. The lowest BCUT2D eigenvalue weighted by atomic mass is 9.89. The number of anilines is 2. The van der Waals surface area contributed by atoms with Crippen molar-refractivity contribution < 1.29 is 4.79 Å². The number of nitrogens with zero attached hydrogens (tertiary/aromatic N) is 5. The molecule has 4 heterocycles. The summed E-state index contributed by atoms with van der Waals surface area (Å²) in [7, 11) is 0. The minimum atomic E-state index is -0.0632. The monoisotopic (exact) mass is 557 g/mol. The molecule has 8 heteroatoms. The Balaban J connectivity index is 1.30. The third kappa shape index (κ3) is 5.27. The molecule has 2 aliphatic heterocycles. The van der Waals surface area contributed by atoms with Gasteiger partial charge in [0.05, 0.1) is 5.69 Å². The molecule has 2 fully saturated rings. The first-order valence-electron chi connectivity index (χ1n) is 14.6. The summed E-state index contributed by atoms with van der Waals surface area (Å²) in [5.41, 5.74) is 4.13. The summed E-state index contributed by atoms with van der Waals surface area (Å²) < 4.78 is 3.87. The van der Waals surface area contributed by atoms with E-state index in [1.165, 1.54) is 5.56 Å². The Kier molecular flexibility index (Phi) is 7.65. The number of hydrogen-bond acceptors (Lipinski definition) is 4. The molecular formula is C32H36ClN5O2. The number of halogens is 1. The van der Waals surface area contributed by atoms with Crippen molar-refractivity contribution in [2.45, 2.75) is 64.3 Å². The average Bonchev–Trinajstić information content (AvgIpc) is 3.57. The van der Waals surface area contributed by atoms with Gasteiger partial charge < -0.3 is 14.4 Å². The molecule has 0 aliphatic carbocycles. The lowest BCUT2D eigenvalue weighted by Gasteiger charge is -2.33. The number of unbranched alkanes of at least 4 members (excludes halogenated alkanes) is 2. The predicted octanol–water partition coefficient (Wildman–Crippen LogP) is 6.52. The minimum Gasteiger partial charge on any atom is -0.356 e. The van der Waals surface area contributed by atoms with E-state index in [0.717, 1.165) is 92.5 Å². The maximum Gasteiger partial charge on any atom is 0.261 e. The molecule has 0 spiro atoms. The Morgan fingerprint density at radius 1 is 0.975 bits per heavy atom. The maximum atomic E-state index is 13.4. The van der Waals surface area contributed by atoms with Crippen LogP contribution in [0.4, 0.5) is 11.5 Å². The van der Waals surface area contributed by atoms with Gasteiger partial charge in [-0.2, -0.15) is 4.98 Å². The first-order valence-corrected chi connectivity index (χ1v) is 14.9. The molecule has 0 radical (unpaired) electrons. The molecule has 2 saturated heterocycles. The van der Waals surface area contributed by atoms with Gasteiger partial charge >= 0.3 is 0 Å². The fraction of sp³-hybridized carbons (Fsp3) is 0.406. The van der Waals surface area contributed by atoms with Gasteiger partial charge in [-0.25, -0.2) is 0 Å². The number of piperidine rings is 1. The summed E-state index contributed by atoms with van der Waals surface area (Å²) in [5, 5.41) is 0.777. The SMILES string of the molecule is CCCCCn1c(-c2ccc(N3CCCC3=O)cc2)cn2c(=O)cc(N3CCC(c4cccc(Cl)c4)CC3)nc12. The van der Waals surface area contributed by atoms with E-state index in [0.29, 0.717) is 18.1 Å². The van der Waals surface area contributed by atoms with E-state index in [1.807, 2.05) is 35.4 Å². The van der Waals surface area contributed by atoms with Gasteiger partial charge in [-0.15, -0.1) is 0 Å². The first kappa shape index (κ1) is 26.6. The van der Waals surface area contributed by atoms with Gasteiger partial charge in [0.2, 0.25) is 11.7 Å². The maximum absolute atomic E-state index is 13.4. The van der Waals surface area contributed by atoms with E-state index in [2.05, 4.69) is 40.7 Å². The van der Waals surface area contributed by atoms with Gasteiger partial charge in [0.1, 0.15) is 5.82 Å². The number of benzene rings is 2. The van der Waals surface area contributed by atoms with Crippen LogP contribution in [0.5, 0.6) is 0 Å². The third-order valence-corrected chi connectivity index (χ3v) is 8.61. The average molecular weight is 558 g/mol. The lowest BCUT2D eigenvalue weighted by molar-refractivity contribution is -0.117. The molecule has 2 aromatic carbocycles. The van der Waals surface area contributed by atoms with Crippen molar-refractivity contribution in [1.82, 2.24) is 14.0 Å². The second-order valence-corrected chi connectivity index (χ2v) is 11.4. The molecule has 0 saturated carbocycles. The van der Waals surface area contributed by atoms with Crippen LogP contribution in [0.3, 0.4) is 0 Å². The second-order valence-electron chi connectivity index (χ2n) is 11.0. The van der Waals surface area contributed by atoms with Crippen molar-refractivity contribution in [1.29, 1.82) is 0 Å². The molecule has 2 aromatic heterocycles. The Morgan fingerprint density at radius 3 is 2.48 bits per heavy atom. The van der Waals surface area contributed by atoms with Gasteiger partial charge in [0.15, 0.2) is 0 Å². The van der Waals surface area contributed by atoms with Crippen molar-refractivity contribution >= 4 is 34.8 Å². The number of fused-ring (bicyclic) bond motifs is 1. The van der Waals surface area contributed by atoms with Gasteiger partial charge in [0, 0.05) is 55.6 Å². The van der Waals surface area contributed by atoms with E-state index in [9.17, 15) is 9.59 Å². The van der Waals surface area contributed by atoms with Crippen molar-refractivity contribution in [3.05, 3.63) is 81.7 Å². The summed E-state index contributed by atoms with van der Waals surface area (Å²) in [6.07, 6.45) is 8.67. The van der Waals surface area contributed by atoms with Crippen LogP contribution in [0, 0.1) is 0 Å². The van der Waals surface area contributed by atoms with Crippen LogP contribution < -0.4 is 15.4 Å². The number of amides is 1. The molecule has 0 atom stereocenters. The Labute approximate surface area is 240 Å². The molecule has 4 aromatic rings. The number of carbonyl (C=O) groups excluding carboxylic acids is 1. The van der Waals surface area contributed by atoms with Crippen LogP contribution in [0.2, 0.25) is 5.02 Å². The smallest absolute Gasteiger partial charge is 0.261 e. The van der Waals surface area contributed by atoms with Crippen LogP contribution >= 0.6 is 11.6 Å².